The molecule has 3 rings (SSSR count). The lowest BCUT2D eigenvalue weighted by atomic mass is 10.2. The van der Waals surface area contributed by atoms with Crippen molar-refractivity contribution in [2.75, 3.05) is 5.32 Å². The van der Waals surface area contributed by atoms with E-state index < -0.39 is 5.82 Å². The zero-order valence-electron chi connectivity index (χ0n) is 12.6. The van der Waals surface area contributed by atoms with Crippen molar-refractivity contribution < 1.29 is 9.18 Å². The van der Waals surface area contributed by atoms with Crippen molar-refractivity contribution in [2.24, 2.45) is 0 Å². The lowest BCUT2D eigenvalue weighted by Crippen LogP contribution is -2.14. The Kier molecular flexibility index (Phi) is 5.23. The highest BCUT2D eigenvalue weighted by atomic mass is 35.5. The summed E-state index contributed by atoms with van der Waals surface area (Å²) in [7, 11) is 0. The van der Waals surface area contributed by atoms with Crippen molar-refractivity contribution in [2.45, 2.75) is 12.8 Å². The monoisotopic (exact) mass is 360 g/mol. The summed E-state index contributed by atoms with van der Waals surface area (Å²) >= 11 is 7.24. The van der Waals surface area contributed by atoms with Crippen molar-refractivity contribution in [1.82, 2.24) is 4.98 Å². The normalized spacial score (nSPS) is 10.6. The molecule has 0 bridgehead atoms. The third-order valence-corrected chi connectivity index (χ3v) is 4.53. The van der Waals surface area contributed by atoms with Crippen molar-refractivity contribution in [1.29, 1.82) is 0 Å². The number of anilines is 1. The van der Waals surface area contributed by atoms with Gasteiger partial charge in [-0.2, -0.15) is 0 Å². The van der Waals surface area contributed by atoms with Gasteiger partial charge in [-0.1, -0.05) is 41.9 Å². The molecule has 1 aromatic heterocycles. The molecule has 122 valence electrons. The smallest absolute Gasteiger partial charge is 0.230 e. The molecule has 0 radical (unpaired) electrons. The maximum Gasteiger partial charge on any atom is 0.230 e. The summed E-state index contributed by atoms with van der Waals surface area (Å²) < 4.78 is 13.1. The molecule has 0 saturated heterocycles. The van der Waals surface area contributed by atoms with Gasteiger partial charge < -0.3 is 5.32 Å². The summed E-state index contributed by atoms with van der Waals surface area (Å²) in [6, 6.07) is 14.1. The van der Waals surface area contributed by atoms with Gasteiger partial charge in [0.2, 0.25) is 5.91 Å². The average Bonchev–Trinajstić information content (AvgIpc) is 2.99. The second-order valence-corrected chi connectivity index (χ2v) is 6.60. The summed E-state index contributed by atoms with van der Waals surface area (Å²) in [6.07, 6.45) is 0.918. The number of carbonyl (C=O) groups excluding carboxylic acids is 1. The number of hydrogen-bond donors (Lipinski definition) is 1. The van der Waals surface area contributed by atoms with Crippen LogP contribution in [-0.4, -0.2) is 10.9 Å². The first-order chi connectivity index (χ1) is 11.6. The lowest BCUT2D eigenvalue weighted by Gasteiger charge is -2.04. The van der Waals surface area contributed by atoms with E-state index in [2.05, 4.69) is 10.3 Å². The third kappa shape index (κ3) is 4.40. The fourth-order valence-corrected chi connectivity index (χ4v) is 3.23. The van der Waals surface area contributed by atoms with Crippen LogP contribution < -0.4 is 5.32 Å². The number of rotatable bonds is 5. The molecule has 2 aromatic carbocycles. The van der Waals surface area contributed by atoms with Gasteiger partial charge in [-0.05, 0) is 23.8 Å². The summed E-state index contributed by atoms with van der Waals surface area (Å²) in [5, 5.41) is 5.52. The van der Waals surface area contributed by atoms with Gasteiger partial charge in [0.15, 0.2) is 0 Å². The Labute approximate surface area is 148 Å². The van der Waals surface area contributed by atoms with Crippen molar-refractivity contribution in [3.05, 3.63) is 81.0 Å². The molecule has 0 spiro atoms. The van der Waals surface area contributed by atoms with E-state index in [1.807, 2.05) is 35.7 Å². The van der Waals surface area contributed by atoms with Crippen molar-refractivity contribution >= 4 is 34.5 Å². The van der Waals surface area contributed by atoms with Crippen LogP contribution in [0.5, 0.6) is 0 Å². The van der Waals surface area contributed by atoms with Crippen LogP contribution in [0.15, 0.2) is 53.9 Å². The summed E-state index contributed by atoms with van der Waals surface area (Å²) in [5.74, 6) is -0.728. The van der Waals surface area contributed by atoms with Crippen LogP contribution in [0, 0.1) is 5.82 Å². The van der Waals surface area contributed by atoms with Crippen LogP contribution in [-0.2, 0) is 17.6 Å². The van der Waals surface area contributed by atoms with E-state index in [1.165, 1.54) is 35.1 Å². The van der Waals surface area contributed by atoms with E-state index in [0.29, 0.717) is 5.69 Å². The Morgan fingerprint density at radius 3 is 2.75 bits per heavy atom. The van der Waals surface area contributed by atoms with Gasteiger partial charge in [0.1, 0.15) is 5.82 Å². The van der Waals surface area contributed by atoms with Gasteiger partial charge >= 0.3 is 0 Å². The first-order valence-electron chi connectivity index (χ1n) is 7.32. The van der Waals surface area contributed by atoms with E-state index in [0.717, 1.165) is 17.1 Å². The fraction of sp³-hybridized carbons (Fsp3) is 0.111. The molecule has 0 aliphatic heterocycles. The molecule has 0 aliphatic carbocycles. The van der Waals surface area contributed by atoms with E-state index in [9.17, 15) is 9.18 Å². The zero-order chi connectivity index (χ0) is 16.9. The number of thiazole rings is 1. The molecular formula is C18H14ClFN2OS. The SMILES string of the molecule is O=C(Cc1csc(Cc2ccccc2)n1)Nc1ccc(F)c(Cl)c1. The number of halogens is 2. The van der Waals surface area contributed by atoms with Gasteiger partial charge in [-0.3, -0.25) is 4.79 Å². The minimum atomic E-state index is -0.514. The Morgan fingerprint density at radius 1 is 1.21 bits per heavy atom. The number of nitrogens with zero attached hydrogens (tertiary/aromatic N) is 1. The molecule has 24 heavy (non-hydrogen) atoms. The molecule has 1 heterocycles. The molecule has 0 fully saturated rings. The van der Waals surface area contributed by atoms with E-state index in [1.54, 1.807) is 0 Å². The topological polar surface area (TPSA) is 42.0 Å². The maximum atomic E-state index is 13.1. The molecular weight excluding hydrogens is 347 g/mol. The van der Waals surface area contributed by atoms with Crippen molar-refractivity contribution in [3.8, 4) is 0 Å². The molecule has 0 atom stereocenters. The summed E-state index contributed by atoms with van der Waals surface area (Å²) in [4.78, 5) is 16.6. The van der Waals surface area contributed by atoms with E-state index in [-0.39, 0.29) is 17.4 Å². The lowest BCUT2D eigenvalue weighted by molar-refractivity contribution is -0.115. The largest absolute Gasteiger partial charge is 0.326 e. The molecule has 1 amide bonds. The average molecular weight is 361 g/mol. The van der Waals surface area contributed by atoms with Crippen LogP contribution in [0.1, 0.15) is 16.3 Å². The first kappa shape index (κ1) is 16.6. The number of amides is 1. The fourth-order valence-electron chi connectivity index (χ4n) is 2.23. The van der Waals surface area contributed by atoms with Crippen LogP contribution in [0.3, 0.4) is 0 Å². The Hall–Kier alpha value is -2.24. The highest BCUT2D eigenvalue weighted by Gasteiger charge is 2.10. The number of aromatic nitrogens is 1. The van der Waals surface area contributed by atoms with Gasteiger partial charge in [0.25, 0.3) is 0 Å². The minimum Gasteiger partial charge on any atom is -0.326 e. The Balaban J connectivity index is 1.59. The standard InChI is InChI=1S/C18H14ClFN2OS/c19-15-9-13(6-7-16(15)20)21-17(23)10-14-11-24-18(22-14)8-12-4-2-1-3-5-12/h1-7,9,11H,8,10H2,(H,21,23). The number of carbonyl (C=O) groups is 1. The second kappa shape index (κ2) is 7.55. The highest BCUT2D eigenvalue weighted by Crippen LogP contribution is 2.20. The highest BCUT2D eigenvalue weighted by molar-refractivity contribution is 7.09. The van der Waals surface area contributed by atoms with Crippen LogP contribution in [0.4, 0.5) is 10.1 Å². The van der Waals surface area contributed by atoms with E-state index in [4.69, 9.17) is 11.6 Å². The Morgan fingerprint density at radius 2 is 2.00 bits per heavy atom. The third-order valence-electron chi connectivity index (χ3n) is 3.34. The van der Waals surface area contributed by atoms with Crippen molar-refractivity contribution in [3.63, 3.8) is 0 Å². The molecule has 0 aliphatic rings. The van der Waals surface area contributed by atoms with Gasteiger partial charge in [0, 0.05) is 17.5 Å². The van der Waals surface area contributed by atoms with Crippen LogP contribution >= 0.6 is 22.9 Å². The molecule has 0 unspecified atom stereocenters. The first-order valence-corrected chi connectivity index (χ1v) is 8.58. The zero-order valence-corrected chi connectivity index (χ0v) is 14.2. The van der Waals surface area contributed by atoms with Crippen LogP contribution in [0.25, 0.3) is 0 Å². The summed E-state index contributed by atoms with van der Waals surface area (Å²) in [5.41, 5.74) is 2.37. The number of nitrogens with one attached hydrogen (secondary N) is 1. The van der Waals surface area contributed by atoms with Gasteiger partial charge in [-0.25, -0.2) is 9.37 Å². The molecule has 6 heteroatoms. The quantitative estimate of drug-likeness (QED) is 0.716. The molecule has 3 nitrogen and oxygen atoms in total. The van der Waals surface area contributed by atoms with Gasteiger partial charge in [-0.15, -0.1) is 11.3 Å². The molecule has 1 N–H and O–H groups in total. The molecule has 3 aromatic rings. The van der Waals surface area contributed by atoms with Gasteiger partial charge in [0.05, 0.1) is 22.1 Å². The molecule has 0 saturated carbocycles. The predicted octanol–water partition coefficient (Wildman–Crippen LogP) is 4.71. The number of hydrogen-bond acceptors (Lipinski definition) is 3. The van der Waals surface area contributed by atoms with Crippen LogP contribution in [0.2, 0.25) is 5.02 Å². The Bertz CT molecular complexity index is 851. The number of benzene rings is 2. The summed E-state index contributed by atoms with van der Waals surface area (Å²) in [6.45, 7) is 0. The predicted molar refractivity (Wildman–Crippen MR) is 95.1 cm³/mol. The van der Waals surface area contributed by atoms with E-state index >= 15 is 0 Å². The second-order valence-electron chi connectivity index (χ2n) is 5.25. The minimum absolute atomic E-state index is 0.0217. The maximum absolute atomic E-state index is 13.1.